The highest BCUT2D eigenvalue weighted by molar-refractivity contribution is 14.0. The number of hydrogen-bond acceptors (Lipinski definition) is 1. The molecule has 0 radical (unpaired) electrons. The van der Waals surface area contributed by atoms with Crippen LogP contribution in [0.4, 0.5) is 0 Å². The number of aliphatic imine (C=N–C) groups is 1. The Hall–Kier alpha value is -0.490. The van der Waals surface area contributed by atoms with Crippen molar-refractivity contribution < 1.29 is 0 Å². The third-order valence-corrected chi connectivity index (χ3v) is 2.63. The summed E-state index contributed by atoms with van der Waals surface area (Å²) in [5, 5.41) is 3.83. The van der Waals surface area contributed by atoms with Crippen LogP contribution in [0, 0.1) is 5.92 Å². The predicted octanol–water partition coefficient (Wildman–Crippen LogP) is 3.41. The molecule has 18 heavy (non-hydrogen) atoms. The highest BCUT2D eigenvalue weighted by Gasteiger charge is 1.96. The molecule has 0 atom stereocenters. The Morgan fingerprint density at radius 3 is 2.50 bits per heavy atom. The molecule has 0 saturated carbocycles. The van der Waals surface area contributed by atoms with Crippen molar-refractivity contribution in [3.8, 4) is 0 Å². The number of guanidine groups is 1. The van der Waals surface area contributed by atoms with Crippen LogP contribution in [-0.4, -0.2) is 12.5 Å². The first-order valence-corrected chi connectivity index (χ1v) is 6.24. The van der Waals surface area contributed by atoms with Gasteiger partial charge in [-0.3, -0.25) is 0 Å². The van der Waals surface area contributed by atoms with Crippen molar-refractivity contribution in [2.45, 2.75) is 26.8 Å². The number of nitrogens with one attached hydrogen (secondary N) is 1. The predicted molar refractivity (Wildman–Crippen MR) is 89.7 cm³/mol. The molecular weight excluding hydrogens is 361 g/mol. The molecular formula is C13H21ClIN3. The first kappa shape index (κ1) is 17.5. The van der Waals surface area contributed by atoms with E-state index in [4.69, 9.17) is 17.3 Å². The molecule has 0 aliphatic carbocycles. The van der Waals surface area contributed by atoms with Crippen LogP contribution < -0.4 is 11.1 Å². The lowest BCUT2D eigenvalue weighted by Crippen LogP contribution is -2.32. The first-order valence-electron chi connectivity index (χ1n) is 5.86. The van der Waals surface area contributed by atoms with E-state index in [0.717, 1.165) is 23.6 Å². The SMILES string of the molecule is CC(C)CCNC(N)=NCc1ccc(Cl)cc1.I. The van der Waals surface area contributed by atoms with Gasteiger partial charge in [-0.25, -0.2) is 4.99 Å². The average Bonchev–Trinajstić information content (AvgIpc) is 2.28. The van der Waals surface area contributed by atoms with Crippen LogP contribution >= 0.6 is 35.6 Å². The monoisotopic (exact) mass is 381 g/mol. The highest BCUT2D eigenvalue weighted by Crippen LogP contribution is 2.09. The fraction of sp³-hybridized carbons (Fsp3) is 0.462. The normalized spacial score (nSPS) is 11.2. The minimum atomic E-state index is 0. The van der Waals surface area contributed by atoms with Crippen LogP contribution in [0.2, 0.25) is 5.02 Å². The van der Waals surface area contributed by atoms with Gasteiger partial charge in [-0.1, -0.05) is 37.6 Å². The number of halogens is 2. The molecule has 3 N–H and O–H groups in total. The van der Waals surface area contributed by atoms with Crippen LogP contribution in [0.25, 0.3) is 0 Å². The van der Waals surface area contributed by atoms with Gasteiger partial charge in [-0.05, 0) is 30.0 Å². The van der Waals surface area contributed by atoms with Gasteiger partial charge >= 0.3 is 0 Å². The fourth-order valence-electron chi connectivity index (χ4n) is 1.31. The largest absolute Gasteiger partial charge is 0.370 e. The summed E-state index contributed by atoms with van der Waals surface area (Å²) in [5.74, 6) is 1.17. The number of benzene rings is 1. The van der Waals surface area contributed by atoms with E-state index in [-0.39, 0.29) is 24.0 Å². The van der Waals surface area contributed by atoms with Gasteiger partial charge in [-0.15, -0.1) is 24.0 Å². The van der Waals surface area contributed by atoms with E-state index in [2.05, 4.69) is 24.2 Å². The zero-order chi connectivity index (χ0) is 12.7. The van der Waals surface area contributed by atoms with Gasteiger partial charge in [-0.2, -0.15) is 0 Å². The van der Waals surface area contributed by atoms with E-state index in [9.17, 15) is 0 Å². The Morgan fingerprint density at radius 2 is 1.94 bits per heavy atom. The van der Waals surface area contributed by atoms with E-state index in [1.807, 2.05) is 24.3 Å². The third kappa shape index (κ3) is 7.76. The first-order chi connectivity index (χ1) is 8.08. The second-order valence-corrected chi connectivity index (χ2v) is 4.87. The van der Waals surface area contributed by atoms with Gasteiger partial charge in [0.25, 0.3) is 0 Å². The van der Waals surface area contributed by atoms with Crippen LogP contribution in [0.1, 0.15) is 25.8 Å². The quantitative estimate of drug-likeness (QED) is 0.466. The zero-order valence-electron chi connectivity index (χ0n) is 10.8. The van der Waals surface area contributed by atoms with Gasteiger partial charge in [0, 0.05) is 11.6 Å². The minimum absolute atomic E-state index is 0. The van der Waals surface area contributed by atoms with Crippen molar-refractivity contribution in [1.82, 2.24) is 5.32 Å². The molecule has 102 valence electrons. The number of rotatable bonds is 5. The van der Waals surface area contributed by atoms with Crippen molar-refractivity contribution in [2.24, 2.45) is 16.6 Å². The molecule has 0 heterocycles. The Kier molecular flexibility index (Phi) is 9.18. The number of nitrogens with two attached hydrogens (primary N) is 1. The van der Waals surface area contributed by atoms with E-state index in [1.165, 1.54) is 0 Å². The molecule has 0 bridgehead atoms. The van der Waals surface area contributed by atoms with E-state index in [1.54, 1.807) is 0 Å². The Bertz CT molecular complexity index is 363. The van der Waals surface area contributed by atoms with Crippen molar-refractivity contribution >= 4 is 41.5 Å². The molecule has 0 aliphatic heterocycles. The van der Waals surface area contributed by atoms with Gasteiger partial charge in [0.05, 0.1) is 6.54 Å². The Labute approximate surface area is 131 Å². The van der Waals surface area contributed by atoms with Gasteiger partial charge in [0.2, 0.25) is 0 Å². The van der Waals surface area contributed by atoms with Crippen LogP contribution in [-0.2, 0) is 6.54 Å². The second-order valence-electron chi connectivity index (χ2n) is 4.44. The summed E-state index contributed by atoms with van der Waals surface area (Å²) < 4.78 is 0. The lowest BCUT2D eigenvalue weighted by Gasteiger charge is -2.07. The van der Waals surface area contributed by atoms with Crippen molar-refractivity contribution in [3.63, 3.8) is 0 Å². The summed E-state index contributed by atoms with van der Waals surface area (Å²) in [6.45, 7) is 5.82. The van der Waals surface area contributed by atoms with Crippen molar-refractivity contribution in [3.05, 3.63) is 34.9 Å². The molecule has 1 aromatic carbocycles. The maximum absolute atomic E-state index is 5.80. The molecule has 1 rings (SSSR count). The molecule has 0 amide bonds. The summed E-state index contributed by atoms with van der Waals surface area (Å²) in [6.07, 6.45) is 1.09. The molecule has 0 aromatic heterocycles. The maximum atomic E-state index is 5.80. The summed E-state index contributed by atoms with van der Waals surface area (Å²) in [6, 6.07) is 7.62. The van der Waals surface area contributed by atoms with Crippen molar-refractivity contribution in [2.75, 3.05) is 6.54 Å². The van der Waals surface area contributed by atoms with E-state index in [0.29, 0.717) is 18.4 Å². The summed E-state index contributed by atoms with van der Waals surface area (Å²) >= 11 is 5.80. The van der Waals surface area contributed by atoms with Gasteiger partial charge in [0.1, 0.15) is 0 Å². The second kappa shape index (κ2) is 9.44. The summed E-state index contributed by atoms with van der Waals surface area (Å²) in [5.41, 5.74) is 6.85. The standard InChI is InChI=1S/C13H20ClN3.HI/c1-10(2)7-8-16-13(15)17-9-11-3-5-12(14)6-4-11;/h3-6,10H,7-9H2,1-2H3,(H3,15,16,17);1H. The lowest BCUT2D eigenvalue weighted by molar-refractivity contribution is 0.576. The molecule has 0 fully saturated rings. The van der Waals surface area contributed by atoms with Crippen LogP contribution in [0.5, 0.6) is 0 Å². The maximum Gasteiger partial charge on any atom is 0.188 e. The smallest absolute Gasteiger partial charge is 0.188 e. The molecule has 0 saturated heterocycles. The molecule has 0 spiro atoms. The fourth-order valence-corrected chi connectivity index (χ4v) is 1.44. The van der Waals surface area contributed by atoms with E-state index < -0.39 is 0 Å². The molecule has 0 unspecified atom stereocenters. The van der Waals surface area contributed by atoms with Gasteiger partial charge < -0.3 is 11.1 Å². The minimum Gasteiger partial charge on any atom is -0.370 e. The average molecular weight is 382 g/mol. The zero-order valence-corrected chi connectivity index (χ0v) is 13.9. The summed E-state index contributed by atoms with van der Waals surface area (Å²) in [7, 11) is 0. The van der Waals surface area contributed by atoms with Crippen LogP contribution in [0.3, 0.4) is 0 Å². The molecule has 3 nitrogen and oxygen atoms in total. The third-order valence-electron chi connectivity index (χ3n) is 2.37. The van der Waals surface area contributed by atoms with Crippen LogP contribution in [0.15, 0.2) is 29.3 Å². The topological polar surface area (TPSA) is 50.4 Å². The lowest BCUT2D eigenvalue weighted by atomic mass is 10.1. The summed E-state index contributed by atoms with van der Waals surface area (Å²) in [4.78, 5) is 4.26. The van der Waals surface area contributed by atoms with Gasteiger partial charge in [0.15, 0.2) is 5.96 Å². The Balaban J connectivity index is 0.00000289. The number of hydrogen-bond donors (Lipinski definition) is 2. The molecule has 5 heteroatoms. The molecule has 0 aliphatic rings. The Morgan fingerprint density at radius 1 is 1.33 bits per heavy atom. The molecule has 1 aromatic rings. The highest BCUT2D eigenvalue weighted by atomic mass is 127. The van der Waals surface area contributed by atoms with E-state index >= 15 is 0 Å². The van der Waals surface area contributed by atoms with Crippen molar-refractivity contribution in [1.29, 1.82) is 0 Å². The number of nitrogens with zero attached hydrogens (tertiary/aromatic N) is 1.